The van der Waals surface area contributed by atoms with Crippen LogP contribution in [-0.4, -0.2) is 38.1 Å². The number of nitrogens with zero attached hydrogens (tertiary/aromatic N) is 3. The predicted octanol–water partition coefficient (Wildman–Crippen LogP) is 3.15. The maximum absolute atomic E-state index is 13.0. The number of carbonyl (C=O) groups is 1. The van der Waals surface area contributed by atoms with Crippen LogP contribution in [0.3, 0.4) is 0 Å². The van der Waals surface area contributed by atoms with E-state index in [-0.39, 0.29) is 11.7 Å². The fraction of sp³-hybridized carbons (Fsp3) is 0.333. The molecule has 146 valence electrons. The molecule has 3 rings (SSSR count). The quantitative estimate of drug-likeness (QED) is 0.750. The van der Waals surface area contributed by atoms with Gasteiger partial charge in [-0.15, -0.1) is 0 Å². The van der Waals surface area contributed by atoms with Crippen LogP contribution in [0.2, 0.25) is 0 Å². The lowest BCUT2D eigenvalue weighted by Crippen LogP contribution is -2.31. The first-order valence-corrected chi connectivity index (χ1v) is 10.9. The van der Waals surface area contributed by atoms with Crippen molar-refractivity contribution in [1.29, 1.82) is 5.26 Å². The van der Waals surface area contributed by atoms with E-state index in [4.69, 9.17) is 5.26 Å². The summed E-state index contributed by atoms with van der Waals surface area (Å²) in [5, 5.41) is 8.91. The number of anilines is 1. The summed E-state index contributed by atoms with van der Waals surface area (Å²) in [7, 11) is -3.23. The Bertz CT molecular complexity index is 977. The van der Waals surface area contributed by atoms with E-state index in [9.17, 15) is 13.2 Å². The molecule has 1 saturated heterocycles. The van der Waals surface area contributed by atoms with Gasteiger partial charge in [0.1, 0.15) is 0 Å². The molecule has 0 N–H and O–H groups in total. The lowest BCUT2D eigenvalue weighted by Gasteiger charge is -2.23. The molecule has 6 nitrogen and oxygen atoms in total. The van der Waals surface area contributed by atoms with Crippen LogP contribution < -0.4 is 4.31 Å². The maximum Gasteiger partial charge on any atom is 0.254 e. The summed E-state index contributed by atoms with van der Waals surface area (Å²) in [6, 6.07) is 16.1. The molecule has 1 aliphatic heterocycles. The Kier molecular flexibility index (Phi) is 6.00. The van der Waals surface area contributed by atoms with Crippen LogP contribution >= 0.6 is 0 Å². The number of amides is 1. The molecular formula is C21H23N3O3S. The highest BCUT2D eigenvalue weighted by Gasteiger charge is 2.28. The lowest BCUT2D eigenvalue weighted by atomic mass is 10.1. The Morgan fingerprint density at radius 2 is 1.82 bits per heavy atom. The van der Waals surface area contributed by atoms with Crippen molar-refractivity contribution >= 4 is 21.6 Å². The van der Waals surface area contributed by atoms with E-state index < -0.39 is 10.0 Å². The van der Waals surface area contributed by atoms with Crippen molar-refractivity contribution in [3.8, 4) is 6.07 Å². The molecule has 0 bridgehead atoms. The van der Waals surface area contributed by atoms with Crippen molar-refractivity contribution in [2.75, 3.05) is 23.1 Å². The molecule has 7 heteroatoms. The summed E-state index contributed by atoms with van der Waals surface area (Å²) in [5.41, 5.74) is 2.68. The molecule has 0 aromatic heterocycles. The second-order valence-electron chi connectivity index (χ2n) is 6.82. The summed E-state index contributed by atoms with van der Waals surface area (Å²) in [5.74, 6) is 0.0739. The highest BCUT2D eigenvalue weighted by molar-refractivity contribution is 7.93. The molecule has 2 aromatic rings. The second kappa shape index (κ2) is 8.44. The standard InChI is InChI=1S/C21H23N3O3S/c1-2-12-23(16-18-6-4-17(15-22)5-7-18)21(25)19-8-10-20(11-9-19)24-13-3-14-28(24,26)27/h4-11H,2-3,12-14,16H2,1H3. The predicted molar refractivity (Wildman–Crippen MR) is 108 cm³/mol. The Morgan fingerprint density at radius 1 is 1.14 bits per heavy atom. The number of hydrogen-bond donors (Lipinski definition) is 0. The van der Waals surface area contributed by atoms with Crippen molar-refractivity contribution in [3.63, 3.8) is 0 Å². The highest BCUT2D eigenvalue weighted by Crippen LogP contribution is 2.24. The van der Waals surface area contributed by atoms with Crippen molar-refractivity contribution < 1.29 is 13.2 Å². The largest absolute Gasteiger partial charge is 0.334 e. The molecule has 1 aliphatic rings. The molecule has 0 atom stereocenters. The van der Waals surface area contributed by atoms with Crippen molar-refractivity contribution in [2.45, 2.75) is 26.3 Å². The average Bonchev–Trinajstić information content (AvgIpc) is 3.07. The number of rotatable bonds is 6. The van der Waals surface area contributed by atoms with Crippen LogP contribution in [0, 0.1) is 11.3 Å². The van der Waals surface area contributed by atoms with Crippen molar-refractivity contribution in [3.05, 3.63) is 65.2 Å². The first-order valence-electron chi connectivity index (χ1n) is 9.33. The van der Waals surface area contributed by atoms with Crippen LogP contribution in [0.1, 0.15) is 41.3 Å². The van der Waals surface area contributed by atoms with Gasteiger partial charge in [-0.3, -0.25) is 9.10 Å². The zero-order valence-corrected chi connectivity index (χ0v) is 16.7. The number of benzene rings is 2. The van der Waals surface area contributed by atoms with Crippen molar-refractivity contribution in [1.82, 2.24) is 4.90 Å². The van der Waals surface area contributed by atoms with E-state index in [0.29, 0.717) is 42.9 Å². The van der Waals surface area contributed by atoms with Crippen LogP contribution in [-0.2, 0) is 16.6 Å². The van der Waals surface area contributed by atoms with Gasteiger partial charge in [0, 0.05) is 25.2 Å². The zero-order chi connectivity index (χ0) is 20.1. The molecule has 1 heterocycles. The van der Waals surface area contributed by atoms with Gasteiger partial charge in [-0.1, -0.05) is 19.1 Å². The Morgan fingerprint density at radius 3 is 2.36 bits per heavy atom. The fourth-order valence-electron chi connectivity index (χ4n) is 3.31. The molecule has 0 spiro atoms. The zero-order valence-electron chi connectivity index (χ0n) is 15.8. The Labute approximate surface area is 166 Å². The molecule has 28 heavy (non-hydrogen) atoms. The third-order valence-corrected chi connectivity index (χ3v) is 6.61. The molecule has 0 radical (unpaired) electrons. The first kappa shape index (κ1) is 19.9. The van der Waals surface area contributed by atoms with E-state index in [2.05, 4.69) is 6.07 Å². The van der Waals surface area contributed by atoms with Gasteiger partial charge in [-0.25, -0.2) is 8.42 Å². The van der Waals surface area contributed by atoms with Gasteiger partial charge in [-0.05, 0) is 54.8 Å². The Balaban J connectivity index is 1.76. The van der Waals surface area contributed by atoms with E-state index in [1.807, 2.05) is 19.1 Å². The minimum absolute atomic E-state index is 0.0953. The number of carbonyl (C=O) groups excluding carboxylic acids is 1. The van der Waals surface area contributed by atoms with Gasteiger partial charge >= 0.3 is 0 Å². The summed E-state index contributed by atoms with van der Waals surface area (Å²) in [4.78, 5) is 14.7. The number of hydrogen-bond acceptors (Lipinski definition) is 4. The average molecular weight is 398 g/mol. The van der Waals surface area contributed by atoms with Gasteiger partial charge in [0.15, 0.2) is 0 Å². The molecule has 0 unspecified atom stereocenters. The molecular weight excluding hydrogens is 374 g/mol. The van der Waals surface area contributed by atoms with Crippen LogP contribution in [0.4, 0.5) is 5.69 Å². The van der Waals surface area contributed by atoms with Gasteiger partial charge in [0.25, 0.3) is 5.91 Å². The second-order valence-corrected chi connectivity index (χ2v) is 8.84. The summed E-state index contributed by atoms with van der Waals surface area (Å²) >= 11 is 0. The highest BCUT2D eigenvalue weighted by atomic mass is 32.2. The van der Waals surface area contributed by atoms with E-state index in [0.717, 1.165) is 12.0 Å². The van der Waals surface area contributed by atoms with Crippen LogP contribution in [0.5, 0.6) is 0 Å². The van der Waals surface area contributed by atoms with Crippen molar-refractivity contribution in [2.24, 2.45) is 0 Å². The van der Waals surface area contributed by atoms with E-state index in [1.165, 1.54) is 4.31 Å². The smallest absolute Gasteiger partial charge is 0.254 e. The van der Waals surface area contributed by atoms with E-state index in [1.54, 1.807) is 41.3 Å². The van der Waals surface area contributed by atoms with Gasteiger partial charge in [0.05, 0.1) is 23.1 Å². The number of nitriles is 1. The normalized spacial score (nSPS) is 15.2. The summed E-state index contributed by atoms with van der Waals surface area (Å²) in [6.45, 7) is 3.57. The third-order valence-electron chi connectivity index (χ3n) is 4.74. The van der Waals surface area contributed by atoms with Gasteiger partial charge in [0.2, 0.25) is 10.0 Å². The Hall–Kier alpha value is -2.85. The van der Waals surface area contributed by atoms with E-state index >= 15 is 0 Å². The maximum atomic E-state index is 13.0. The van der Waals surface area contributed by atoms with Crippen LogP contribution in [0.25, 0.3) is 0 Å². The first-order chi connectivity index (χ1) is 13.4. The van der Waals surface area contributed by atoms with Crippen LogP contribution in [0.15, 0.2) is 48.5 Å². The topological polar surface area (TPSA) is 81.5 Å². The SMILES string of the molecule is CCCN(Cc1ccc(C#N)cc1)C(=O)c1ccc(N2CCCS2(=O)=O)cc1. The summed E-state index contributed by atoms with van der Waals surface area (Å²) < 4.78 is 25.5. The minimum atomic E-state index is -3.23. The molecule has 2 aromatic carbocycles. The lowest BCUT2D eigenvalue weighted by molar-refractivity contribution is 0.0743. The molecule has 0 saturated carbocycles. The minimum Gasteiger partial charge on any atom is -0.334 e. The van der Waals surface area contributed by atoms with Gasteiger partial charge in [-0.2, -0.15) is 5.26 Å². The number of sulfonamides is 1. The summed E-state index contributed by atoms with van der Waals surface area (Å²) in [6.07, 6.45) is 1.45. The monoisotopic (exact) mass is 397 g/mol. The fourth-order valence-corrected chi connectivity index (χ4v) is 4.87. The third kappa shape index (κ3) is 4.34. The molecule has 1 amide bonds. The van der Waals surface area contributed by atoms with Gasteiger partial charge < -0.3 is 4.90 Å². The molecule has 0 aliphatic carbocycles. The molecule has 1 fully saturated rings.